The normalized spacial score (nSPS) is 16.8. The van der Waals surface area contributed by atoms with Gasteiger partial charge in [-0.15, -0.1) is 0 Å². The molecule has 3 rings (SSSR count). The van der Waals surface area contributed by atoms with Crippen molar-refractivity contribution in [1.29, 1.82) is 0 Å². The molecule has 2 amide bonds. The lowest BCUT2D eigenvalue weighted by molar-refractivity contribution is -0.118. The minimum atomic E-state index is -1.16. The van der Waals surface area contributed by atoms with Gasteiger partial charge in [-0.3, -0.25) is 9.59 Å². The van der Waals surface area contributed by atoms with Crippen LogP contribution in [0.4, 0.5) is 5.69 Å². The summed E-state index contributed by atoms with van der Waals surface area (Å²) in [5.41, 5.74) is 0.620. The number of nitrogens with zero attached hydrogens (tertiary/aromatic N) is 1. The molecule has 26 heavy (non-hydrogen) atoms. The zero-order valence-electron chi connectivity index (χ0n) is 14.0. The molecule has 0 saturated carbocycles. The van der Waals surface area contributed by atoms with Crippen LogP contribution in [-0.4, -0.2) is 35.5 Å². The van der Waals surface area contributed by atoms with Gasteiger partial charge in [0.2, 0.25) is 5.91 Å². The van der Waals surface area contributed by atoms with Gasteiger partial charge in [0.25, 0.3) is 5.91 Å². The molecule has 1 saturated heterocycles. The zero-order chi connectivity index (χ0) is 18.8. The third kappa shape index (κ3) is 3.43. The highest BCUT2D eigenvalue weighted by Crippen LogP contribution is 2.25. The minimum Gasteiger partial charge on any atom is -0.478 e. The van der Waals surface area contributed by atoms with Gasteiger partial charge >= 0.3 is 5.97 Å². The first-order chi connectivity index (χ1) is 12.4. The molecular formula is C18H17ClN2O5. The molecule has 136 valence electrons. The quantitative estimate of drug-likeness (QED) is 0.835. The summed E-state index contributed by atoms with van der Waals surface area (Å²) < 4.78 is 5.32. The Bertz CT molecular complexity index is 876. The average molecular weight is 377 g/mol. The van der Waals surface area contributed by atoms with E-state index in [1.165, 1.54) is 6.07 Å². The number of hydrogen-bond acceptors (Lipinski definition) is 4. The van der Waals surface area contributed by atoms with Crippen molar-refractivity contribution in [2.45, 2.75) is 25.8 Å². The summed E-state index contributed by atoms with van der Waals surface area (Å²) in [5.74, 6) is -1.91. The highest BCUT2D eigenvalue weighted by molar-refractivity contribution is 6.31. The Kier molecular flexibility index (Phi) is 4.99. The molecule has 0 spiro atoms. The molecule has 2 aromatic rings. The van der Waals surface area contributed by atoms with Gasteiger partial charge < -0.3 is 19.7 Å². The van der Waals surface area contributed by atoms with Gasteiger partial charge in [-0.05, 0) is 24.6 Å². The number of aryl methyl sites for hydroxylation is 1. The van der Waals surface area contributed by atoms with E-state index in [1.54, 1.807) is 36.1 Å². The smallest absolute Gasteiger partial charge is 0.339 e. The molecule has 0 bridgehead atoms. The van der Waals surface area contributed by atoms with Crippen LogP contribution in [0.5, 0.6) is 0 Å². The lowest BCUT2D eigenvalue weighted by Crippen LogP contribution is -2.41. The minimum absolute atomic E-state index is 0.0454. The first-order valence-corrected chi connectivity index (χ1v) is 8.52. The first kappa shape index (κ1) is 18.0. The number of nitrogens with one attached hydrogen (secondary N) is 1. The molecule has 1 aromatic carbocycles. The van der Waals surface area contributed by atoms with Crippen LogP contribution in [0.2, 0.25) is 5.02 Å². The lowest BCUT2D eigenvalue weighted by Gasteiger charge is -2.17. The molecule has 0 aliphatic carbocycles. The van der Waals surface area contributed by atoms with Crippen LogP contribution in [0.3, 0.4) is 0 Å². The van der Waals surface area contributed by atoms with Crippen LogP contribution in [0, 0.1) is 0 Å². The molecule has 0 radical (unpaired) electrons. The number of anilines is 1. The van der Waals surface area contributed by atoms with Crippen molar-refractivity contribution in [3.63, 3.8) is 0 Å². The Morgan fingerprint density at radius 1 is 1.38 bits per heavy atom. The van der Waals surface area contributed by atoms with Crippen molar-refractivity contribution < 1.29 is 23.9 Å². The van der Waals surface area contributed by atoms with Crippen LogP contribution in [0.15, 0.2) is 34.7 Å². The number of halogens is 1. The van der Waals surface area contributed by atoms with Gasteiger partial charge in [0.15, 0.2) is 5.76 Å². The SMILES string of the molecule is CCc1oc(C(=O)NC2CCN(c3cccc(Cl)c3)C2=O)cc1C(=O)O. The molecule has 1 fully saturated rings. The number of benzene rings is 1. The van der Waals surface area contributed by atoms with Gasteiger partial charge in [-0.25, -0.2) is 4.79 Å². The molecule has 2 N–H and O–H groups in total. The molecule has 1 atom stereocenters. The highest BCUT2D eigenvalue weighted by Gasteiger charge is 2.34. The molecule has 7 nitrogen and oxygen atoms in total. The molecule has 8 heteroatoms. The second-order valence-electron chi connectivity index (χ2n) is 5.89. The first-order valence-electron chi connectivity index (χ1n) is 8.14. The number of carboxylic acids is 1. The monoisotopic (exact) mass is 376 g/mol. The van der Waals surface area contributed by atoms with Gasteiger partial charge in [-0.1, -0.05) is 24.6 Å². The molecule has 1 aliphatic rings. The van der Waals surface area contributed by atoms with E-state index in [9.17, 15) is 14.4 Å². The maximum atomic E-state index is 12.6. The third-order valence-corrected chi connectivity index (χ3v) is 4.45. The fourth-order valence-electron chi connectivity index (χ4n) is 2.93. The summed E-state index contributed by atoms with van der Waals surface area (Å²) in [6, 6.07) is 7.40. The summed E-state index contributed by atoms with van der Waals surface area (Å²) in [6.45, 7) is 2.18. The number of furan rings is 1. The predicted octanol–water partition coefficient (Wildman–Crippen LogP) is 2.73. The second kappa shape index (κ2) is 7.21. The van der Waals surface area contributed by atoms with Crippen molar-refractivity contribution in [3.05, 3.63) is 52.4 Å². The van der Waals surface area contributed by atoms with E-state index < -0.39 is 17.9 Å². The summed E-state index contributed by atoms with van der Waals surface area (Å²) in [4.78, 5) is 37.7. The Balaban J connectivity index is 1.73. The van der Waals surface area contributed by atoms with Crippen molar-refractivity contribution >= 4 is 35.1 Å². The van der Waals surface area contributed by atoms with Gasteiger partial charge in [-0.2, -0.15) is 0 Å². The average Bonchev–Trinajstić information content (AvgIpc) is 3.19. The Morgan fingerprint density at radius 3 is 2.77 bits per heavy atom. The van der Waals surface area contributed by atoms with Crippen molar-refractivity contribution in [2.75, 3.05) is 11.4 Å². The number of hydrogen-bond donors (Lipinski definition) is 2. The van der Waals surface area contributed by atoms with E-state index in [4.69, 9.17) is 21.1 Å². The van der Waals surface area contributed by atoms with Crippen molar-refractivity contribution in [3.8, 4) is 0 Å². The van der Waals surface area contributed by atoms with Crippen LogP contribution in [0.1, 0.15) is 40.0 Å². The van der Waals surface area contributed by atoms with E-state index in [1.807, 2.05) is 0 Å². The van der Waals surface area contributed by atoms with Crippen LogP contribution in [-0.2, 0) is 11.2 Å². The van der Waals surface area contributed by atoms with Gasteiger partial charge in [0, 0.05) is 29.7 Å². The number of carboxylic acid groups (broad SMARTS) is 1. The van der Waals surface area contributed by atoms with E-state index in [-0.39, 0.29) is 23.0 Å². The molecule has 1 aliphatic heterocycles. The molecule has 2 heterocycles. The van der Waals surface area contributed by atoms with E-state index in [0.29, 0.717) is 30.1 Å². The van der Waals surface area contributed by atoms with E-state index in [2.05, 4.69) is 5.32 Å². The second-order valence-corrected chi connectivity index (χ2v) is 6.33. The van der Waals surface area contributed by atoms with Crippen LogP contribution < -0.4 is 10.2 Å². The summed E-state index contributed by atoms with van der Waals surface area (Å²) in [6.07, 6.45) is 0.782. The highest BCUT2D eigenvalue weighted by atomic mass is 35.5. The number of rotatable bonds is 5. The fraction of sp³-hybridized carbons (Fsp3) is 0.278. The zero-order valence-corrected chi connectivity index (χ0v) is 14.7. The Morgan fingerprint density at radius 2 is 2.15 bits per heavy atom. The largest absolute Gasteiger partial charge is 0.478 e. The summed E-state index contributed by atoms with van der Waals surface area (Å²) >= 11 is 5.96. The molecule has 1 aromatic heterocycles. The number of aromatic carboxylic acids is 1. The number of amides is 2. The maximum Gasteiger partial charge on any atom is 0.339 e. The van der Waals surface area contributed by atoms with Gasteiger partial charge in [0.1, 0.15) is 17.4 Å². The lowest BCUT2D eigenvalue weighted by atomic mass is 10.2. The van der Waals surface area contributed by atoms with Gasteiger partial charge in [0.05, 0.1) is 0 Å². The van der Waals surface area contributed by atoms with Crippen molar-refractivity contribution in [1.82, 2.24) is 5.32 Å². The van der Waals surface area contributed by atoms with Crippen LogP contribution in [0.25, 0.3) is 0 Å². The van der Waals surface area contributed by atoms with Crippen LogP contribution >= 0.6 is 11.6 Å². The fourth-order valence-corrected chi connectivity index (χ4v) is 3.11. The summed E-state index contributed by atoms with van der Waals surface area (Å²) in [5, 5.41) is 12.3. The topological polar surface area (TPSA) is 99.9 Å². The predicted molar refractivity (Wildman–Crippen MR) is 94.7 cm³/mol. The molecular weight excluding hydrogens is 360 g/mol. The summed E-state index contributed by atoms with van der Waals surface area (Å²) in [7, 11) is 0. The molecule has 1 unspecified atom stereocenters. The number of carbonyl (C=O) groups excluding carboxylic acids is 2. The number of carbonyl (C=O) groups is 3. The van der Waals surface area contributed by atoms with E-state index >= 15 is 0 Å². The van der Waals surface area contributed by atoms with E-state index in [0.717, 1.165) is 0 Å². The standard InChI is InChI=1S/C18H17ClN2O5/c1-2-14-12(18(24)25)9-15(26-14)16(22)20-13-6-7-21(17(13)23)11-5-3-4-10(19)8-11/h3-5,8-9,13H,2,6-7H2,1H3,(H,20,22)(H,24,25). The maximum absolute atomic E-state index is 12.6. The Hall–Kier alpha value is -2.80. The Labute approximate surface area is 154 Å². The van der Waals surface area contributed by atoms with Crippen molar-refractivity contribution in [2.24, 2.45) is 0 Å². The third-order valence-electron chi connectivity index (χ3n) is 4.22.